The highest BCUT2D eigenvalue weighted by molar-refractivity contribution is 5.05. The molecule has 31 heavy (non-hydrogen) atoms. The van der Waals surface area contributed by atoms with Crippen molar-refractivity contribution in [1.82, 2.24) is 0 Å². The summed E-state index contributed by atoms with van der Waals surface area (Å²) < 4.78 is 31.7. The highest BCUT2D eigenvalue weighted by Gasteiger charge is 2.57. The van der Waals surface area contributed by atoms with Crippen LogP contribution in [0.1, 0.15) is 89.5 Å². The Kier molecular flexibility index (Phi) is 10.5. The lowest BCUT2D eigenvalue weighted by Crippen LogP contribution is -2.55. The molecule has 0 radical (unpaired) electrons. The third-order valence-corrected chi connectivity index (χ3v) is 7.04. The maximum Gasteiger partial charge on any atom is 0.0691 e. The Labute approximate surface area is 192 Å². The van der Waals surface area contributed by atoms with E-state index in [1.165, 1.54) is 0 Å². The lowest BCUT2D eigenvalue weighted by molar-refractivity contribution is -0.165. The number of hydrogen-bond acceptors (Lipinski definition) is 5. The van der Waals surface area contributed by atoms with Crippen LogP contribution in [-0.2, 0) is 23.7 Å². The fourth-order valence-electron chi connectivity index (χ4n) is 5.69. The minimum absolute atomic E-state index is 0.0208. The van der Waals surface area contributed by atoms with Crippen LogP contribution in [0.4, 0.5) is 0 Å². The van der Waals surface area contributed by atoms with Gasteiger partial charge in [-0.15, -0.1) is 0 Å². The predicted octanol–water partition coefficient (Wildman–Crippen LogP) is 5.88. The van der Waals surface area contributed by atoms with Crippen molar-refractivity contribution in [2.75, 3.05) is 33.0 Å². The van der Waals surface area contributed by atoms with E-state index in [1.54, 1.807) is 0 Å². The first kappa shape index (κ1) is 28.8. The van der Waals surface area contributed by atoms with Gasteiger partial charge in [-0.05, 0) is 89.5 Å². The summed E-state index contributed by atoms with van der Waals surface area (Å²) in [5.41, 5.74) is -1.30. The summed E-state index contributed by atoms with van der Waals surface area (Å²) in [5, 5.41) is 0. The zero-order chi connectivity index (χ0) is 24.1. The second-order valence-corrected chi connectivity index (χ2v) is 11.0. The van der Waals surface area contributed by atoms with Gasteiger partial charge in [0.2, 0.25) is 0 Å². The predicted molar refractivity (Wildman–Crippen MR) is 128 cm³/mol. The first-order chi connectivity index (χ1) is 14.2. The molecule has 5 heteroatoms. The molecular weight excluding hydrogens is 392 g/mol. The molecule has 1 rings (SSSR count). The largest absolute Gasteiger partial charge is 0.377 e. The van der Waals surface area contributed by atoms with Crippen molar-refractivity contribution < 1.29 is 23.7 Å². The van der Waals surface area contributed by atoms with Crippen molar-refractivity contribution in [2.24, 2.45) is 17.8 Å². The van der Waals surface area contributed by atoms with E-state index in [1.807, 2.05) is 0 Å². The van der Waals surface area contributed by atoms with Crippen LogP contribution < -0.4 is 0 Å². The lowest BCUT2D eigenvalue weighted by Gasteiger charge is -2.48. The van der Waals surface area contributed by atoms with E-state index in [9.17, 15) is 0 Å². The van der Waals surface area contributed by atoms with Gasteiger partial charge >= 0.3 is 0 Å². The van der Waals surface area contributed by atoms with Gasteiger partial charge in [-0.2, -0.15) is 0 Å². The number of hydrogen-bond donors (Lipinski definition) is 0. The quantitative estimate of drug-likeness (QED) is 0.334. The van der Waals surface area contributed by atoms with E-state index in [4.69, 9.17) is 23.7 Å². The average molecular weight is 445 g/mol. The molecule has 0 aromatic rings. The summed E-state index contributed by atoms with van der Waals surface area (Å²) in [6.07, 6.45) is 0.825. The van der Waals surface area contributed by atoms with Gasteiger partial charge in [0.1, 0.15) is 0 Å². The molecule has 0 saturated carbocycles. The monoisotopic (exact) mass is 444 g/mol. The van der Waals surface area contributed by atoms with Gasteiger partial charge in [-0.25, -0.2) is 0 Å². The smallest absolute Gasteiger partial charge is 0.0691 e. The van der Waals surface area contributed by atoms with Crippen molar-refractivity contribution >= 4 is 0 Å². The Balaban J connectivity index is 3.48. The molecule has 5 nitrogen and oxygen atoms in total. The highest BCUT2D eigenvalue weighted by Crippen LogP contribution is 2.50. The van der Waals surface area contributed by atoms with Crippen LogP contribution in [0, 0.1) is 17.8 Å². The van der Waals surface area contributed by atoms with Crippen LogP contribution in [-0.4, -0.2) is 61.5 Å². The van der Waals surface area contributed by atoms with Gasteiger partial charge in [-0.1, -0.05) is 0 Å². The molecule has 0 amide bonds. The van der Waals surface area contributed by atoms with Crippen molar-refractivity contribution in [3.8, 4) is 0 Å². The highest BCUT2D eigenvalue weighted by atomic mass is 16.5. The topological polar surface area (TPSA) is 46.2 Å². The summed E-state index contributed by atoms with van der Waals surface area (Å²) in [7, 11) is 0. The molecule has 0 aromatic heterocycles. The van der Waals surface area contributed by atoms with Gasteiger partial charge in [0, 0.05) is 44.2 Å². The molecule has 1 fully saturated rings. The summed E-state index contributed by atoms with van der Waals surface area (Å²) in [6.45, 7) is 29.1. The minimum Gasteiger partial charge on any atom is -0.377 e. The molecule has 4 unspecified atom stereocenters. The Morgan fingerprint density at radius 2 is 1.19 bits per heavy atom. The molecule has 1 heterocycles. The van der Waals surface area contributed by atoms with Crippen molar-refractivity contribution in [2.45, 2.75) is 118 Å². The first-order valence-corrected chi connectivity index (χ1v) is 12.4. The molecule has 186 valence electrons. The van der Waals surface area contributed by atoms with Crippen LogP contribution >= 0.6 is 0 Å². The Hall–Kier alpha value is -0.200. The summed E-state index contributed by atoms with van der Waals surface area (Å²) >= 11 is 0. The van der Waals surface area contributed by atoms with E-state index in [0.29, 0.717) is 33.0 Å². The molecule has 0 N–H and O–H groups in total. The fourth-order valence-corrected chi connectivity index (χ4v) is 5.69. The second kappa shape index (κ2) is 11.3. The van der Waals surface area contributed by atoms with Crippen LogP contribution in [0.15, 0.2) is 0 Å². The second-order valence-electron chi connectivity index (χ2n) is 11.0. The molecular formula is C26H52O5. The van der Waals surface area contributed by atoms with E-state index in [0.717, 1.165) is 6.42 Å². The molecule has 4 atom stereocenters. The Morgan fingerprint density at radius 3 is 1.68 bits per heavy atom. The molecule has 0 aliphatic carbocycles. The molecule has 0 bridgehead atoms. The van der Waals surface area contributed by atoms with E-state index in [-0.39, 0.29) is 46.3 Å². The van der Waals surface area contributed by atoms with Crippen LogP contribution in [0.2, 0.25) is 0 Å². The third-order valence-electron chi connectivity index (χ3n) is 7.04. The SMILES string of the molecule is CCOC(C)(C)CC(C1OCC(C(C)(C)OCC)C1C(C)(C)OCC)C(C)(C)OCC. The Bertz CT molecular complexity index is 526. The maximum absolute atomic E-state index is 6.67. The molecule has 1 saturated heterocycles. The van der Waals surface area contributed by atoms with Gasteiger partial charge in [0.05, 0.1) is 35.1 Å². The van der Waals surface area contributed by atoms with Gasteiger partial charge in [0.25, 0.3) is 0 Å². The average Bonchev–Trinajstić information content (AvgIpc) is 3.06. The standard InChI is InChI=1S/C26H52O5/c1-13-28-23(5,6)17-19(24(7,8)29-14-2)22-21(26(11,12)31-16-4)20(18-27-22)25(9,10)30-15-3/h19-22H,13-18H2,1-12H3. The van der Waals surface area contributed by atoms with E-state index < -0.39 is 0 Å². The summed E-state index contributed by atoms with van der Waals surface area (Å²) in [4.78, 5) is 0. The van der Waals surface area contributed by atoms with E-state index in [2.05, 4.69) is 83.1 Å². The minimum atomic E-state index is -0.362. The maximum atomic E-state index is 6.67. The zero-order valence-corrected chi connectivity index (χ0v) is 22.6. The lowest BCUT2D eigenvalue weighted by atomic mass is 9.65. The number of rotatable bonds is 14. The Morgan fingerprint density at radius 1 is 0.710 bits per heavy atom. The van der Waals surface area contributed by atoms with Crippen molar-refractivity contribution in [3.05, 3.63) is 0 Å². The third kappa shape index (κ3) is 7.40. The van der Waals surface area contributed by atoms with Crippen LogP contribution in [0.25, 0.3) is 0 Å². The zero-order valence-electron chi connectivity index (χ0n) is 22.6. The van der Waals surface area contributed by atoms with Crippen molar-refractivity contribution in [1.29, 1.82) is 0 Å². The van der Waals surface area contributed by atoms with Gasteiger partial charge in [0.15, 0.2) is 0 Å². The first-order valence-electron chi connectivity index (χ1n) is 12.4. The fraction of sp³-hybridized carbons (Fsp3) is 1.00. The van der Waals surface area contributed by atoms with Crippen molar-refractivity contribution in [3.63, 3.8) is 0 Å². The molecule has 0 aromatic carbocycles. The normalized spacial score (nSPS) is 24.6. The van der Waals surface area contributed by atoms with E-state index >= 15 is 0 Å². The van der Waals surface area contributed by atoms with Gasteiger partial charge in [-0.3, -0.25) is 0 Å². The molecule has 0 spiro atoms. The number of ether oxygens (including phenoxy) is 5. The summed E-state index contributed by atoms with van der Waals surface area (Å²) in [6, 6.07) is 0. The molecule has 1 aliphatic heterocycles. The van der Waals surface area contributed by atoms with Gasteiger partial charge < -0.3 is 23.7 Å². The van der Waals surface area contributed by atoms with Crippen LogP contribution in [0.5, 0.6) is 0 Å². The van der Waals surface area contributed by atoms with Crippen LogP contribution in [0.3, 0.4) is 0 Å². The molecule has 1 aliphatic rings. The summed E-state index contributed by atoms with van der Waals surface area (Å²) in [5.74, 6) is 0.520.